The molecule has 15 heavy (non-hydrogen) atoms. The number of rotatable bonds is 4. The third-order valence-corrected chi connectivity index (χ3v) is 2.56. The van der Waals surface area contributed by atoms with Crippen molar-refractivity contribution in [3.8, 4) is 0 Å². The van der Waals surface area contributed by atoms with E-state index in [0.717, 1.165) is 6.54 Å². The molecule has 84 valence electrons. The van der Waals surface area contributed by atoms with E-state index in [1.165, 1.54) is 16.8 Å². The molecule has 0 spiro atoms. The fraction of sp³-hybridized carbons (Fsp3) is 0.538. The summed E-state index contributed by atoms with van der Waals surface area (Å²) >= 11 is 0. The van der Waals surface area contributed by atoms with E-state index in [4.69, 9.17) is 5.73 Å². The van der Waals surface area contributed by atoms with Crippen molar-refractivity contribution < 1.29 is 0 Å². The third kappa shape index (κ3) is 2.96. The molecule has 0 bridgehead atoms. The summed E-state index contributed by atoms with van der Waals surface area (Å²) in [6.07, 6.45) is 0. The van der Waals surface area contributed by atoms with Gasteiger partial charge in [-0.15, -0.1) is 0 Å². The Labute approximate surface area is 93.1 Å². The molecule has 1 aromatic rings. The van der Waals surface area contributed by atoms with Gasteiger partial charge < -0.3 is 10.6 Å². The van der Waals surface area contributed by atoms with Gasteiger partial charge in [0.25, 0.3) is 0 Å². The average Bonchev–Trinajstić information content (AvgIpc) is 2.15. The first-order chi connectivity index (χ1) is 7.06. The number of benzene rings is 1. The molecule has 1 aromatic carbocycles. The van der Waals surface area contributed by atoms with Gasteiger partial charge in [-0.1, -0.05) is 32.0 Å². The molecule has 0 aromatic heterocycles. The number of hydrogen-bond donors (Lipinski definition) is 1. The molecular weight excluding hydrogens is 184 g/mol. The zero-order valence-electron chi connectivity index (χ0n) is 10.2. The Balaban J connectivity index is 3.00. The highest BCUT2D eigenvalue weighted by molar-refractivity contribution is 5.58. The van der Waals surface area contributed by atoms with Crippen LogP contribution in [0, 0.1) is 12.8 Å². The van der Waals surface area contributed by atoms with Crippen LogP contribution >= 0.6 is 0 Å². The molecule has 0 amide bonds. The number of aryl methyl sites for hydroxylation is 1. The second-order valence-corrected chi connectivity index (χ2v) is 4.56. The van der Waals surface area contributed by atoms with Crippen LogP contribution in [0.1, 0.15) is 25.0 Å². The zero-order valence-corrected chi connectivity index (χ0v) is 10.2. The lowest BCUT2D eigenvalue weighted by atomic mass is 10.1. The van der Waals surface area contributed by atoms with Crippen LogP contribution in [0.15, 0.2) is 18.2 Å². The van der Waals surface area contributed by atoms with Crippen LogP contribution in [-0.4, -0.2) is 13.6 Å². The lowest BCUT2D eigenvalue weighted by Gasteiger charge is -2.26. The molecule has 0 unspecified atom stereocenters. The second-order valence-electron chi connectivity index (χ2n) is 4.56. The molecule has 0 heterocycles. The van der Waals surface area contributed by atoms with Crippen molar-refractivity contribution in [3.05, 3.63) is 29.3 Å². The lowest BCUT2D eigenvalue weighted by molar-refractivity contribution is 0.636. The summed E-state index contributed by atoms with van der Waals surface area (Å²) in [5.74, 6) is 0.667. The van der Waals surface area contributed by atoms with Crippen LogP contribution in [0.2, 0.25) is 0 Å². The topological polar surface area (TPSA) is 29.3 Å². The van der Waals surface area contributed by atoms with Crippen LogP contribution in [0.5, 0.6) is 0 Å². The summed E-state index contributed by atoms with van der Waals surface area (Å²) in [7, 11) is 2.14. The Kier molecular flexibility index (Phi) is 4.15. The molecule has 0 saturated heterocycles. The van der Waals surface area contributed by atoms with Gasteiger partial charge in [-0.05, 0) is 24.0 Å². The number of hydrogen-bond acceptors (Lipinski definition) is 2. The molecular formula is C13H22N2. The minimum absolute atomic E-state index is 0.611. The van der Waals surface area contributed by atoms with Gasteiger partial charge in [-0.25, -0.2) is 0 Å². The van der Waals surface area contributed by atoms with Gasteiger partial charge in [-0.3, -0.25) is 0 Å². The van der Waals surface area contributed by atoms with Crippen molar-refractivity contribution in [3.63, 3.8) is 0 Å². The molecule has 0 aliphatic heterocycles. The smallest absolute Gasteiger partial charge is 0.0438 e. The SMILES string of the molecule is Cc1cccc(CN)c1N(C)CC(C)C. The summed E-state index contributed by atoms with van der Waals surface area (Å²) in [5.41, 5.74) is 9.60. The normalized spacial score (nSPS) is 10.8. The third-order valence-electron chi connectivity index (χ3n) is 2.56. The lowest BCUT2D eigenvalue weighted by Crippen LogP contribution is -2.25. The van der Waals surface area contributed by atoms with E-state index in [2.05, 4.69) is 50.9 Å². The van der Waals surface area contributed by atoms with Gasteiger partial charge in [0.2, 0.25) is 0 Å². The molecule has 0 atom stereocenters. The predicted octanol–water partition coefficient (Wildman–Crippen LogP) is 2.55. The van der Waals surface area contributed by atoms with Crippen LogP contribution in [0.3, 0.4) is 0 Å². The van der Waals surface area contributed by atoms with Gasteiger partial charge in [0.1, 0.15) is 0 Å². The number of para-hydroxylation sites is 1. The Morgan fingerprint density at radius 3 is 2.53 bits per heavy atom. The van der Waals surface area contributed by atoms with E-state index in [9.17, 15) is 0 Å². The number of anilines is 1. The van der Waals surface area contributed by atoms with Gasteiger partial charge in [0.05, 0.1) is 0 Å². The fourth-order valence-corrected chi connectivity index (χ4v) is 2.07. The van der Waals surface area contributed by atoms with E-state index in [1.54, 1.807) is 0 Å². The highest BCUT2D eigenvalue weighted by Gasteiger charge is 2.10. The number of nitrogens with zero attached hydrogens (tertiary/aromatic N) is 1. The molecule has 0 aliphatic carbocycles. The molecule has 1 rings (SSSR count). The summed E-state index contributed by atoms with van der Waals surface area (Å²) in [6, 6.07) is 6.33. The van der Waals surface area contributed by atoms with Crippen molar-refractivity contribution in [2.24, 2.45) is 11.7 Å². The first-order valence-corrected chi connectivity index (χ1v) is 5.56. The summed E-state index contributed by atoms with van der Waals surface area (Å²) < 4.78 is 0. The van der Waals surface area contributed by atoms with Crippen LogP contribution < -0.4 is 10.6 Å². The van der Waals surface area contributed by atoms with Gasteiger partial charge >= 0.3 is 0 Å². The largest absolute Gasteiger partial charge is 0.374 e. The molecule has 2 N–H and O–H groups in total. The minimum atomic E-state index is 0.611. The minimum Gasteiger partial charge on any atom is -0.374 e. The quantitative estimate of drug-likeness (QED) is 0.820. The first-order valence-electron chi connectivity index (χ1n) is 5.56. The molecule has 0 aliphatic rings. The van der Waals surface area contributed by atoms with E-state index in [1.807, 2.05) is 0 Å². The second kappa shape index (κ2) is 5.17. The van der Waals surface area contributed by atoms with Crippen LogP contribution in [-0.2, 0) is 6.54 Å². The summed E-state index contributed by atoms with van der Waals surface area (Å²) in [6.45, 7) is 8.29. The molecule has 0 saturated carbocycles. The van der Waals surface area contributed by atoms with E-state index >= 15 is 0 Å². The predicted molar refractivity (Wildman–Crippen MR) is 67.2 cm³/mol. The van der Waals surface area contributed by atoms with E-state index in [0.29, 0.717) is 12.5 Å². The molecule has 2 nitrogen and oxygen atoms in total. The maximum atomic E-state index is 5.76. The Bertz CT molecular complexity index is 318. The zero-order chi connectivity index (χ0) is 11.4. The maximum absolute atomic E-state index is 5.76. The highest BCUT2D eigenvalue weighted by atomic mass is 15.1. The molecule has 0 fully saturated rings. The Hall–Kier alpha value is -1.02. The van der Waals surface area contributed by atoms with Crippen molar-refractivity contribution in [1.29, 1.82) is 0 Å². The van der Waals surface area contributed by atoms with Crippen molar-refractivity contribution in [2.45, 2.75) is 27.3 Å². The van der Waals surface area contributed by atoms with Gasteiger partial charge in [0.15, 0.2) is 0 Å². The van der Waals surface area contributed by atoms with Crippen LogP contribution in [0.4, 0.5) is 5.69 Å². The van der Waals surface area contributed by atoms with Crippen LogP contribution in [0.25, 0.3) is 0 Å². The maximum Gasteiger partial charge on any atom is 0.0438 e. The van der Waals surface area contributed by atoms with E-state index in [-0.39, 0.29) is 0 Å². The van der Waals surface area contributed by atoms with Gasteiger partial charge in [0, 0.05) is 25.8 Å². The first kappa shape index (κ1) is 12.1. The van der Waals surface area contributed by atoms with E-state index < -0.39 is 0 Å². The summed E-state index contributed by atoms with van der Waals surface area (Å²) in [5, 5.41) is 0. The van der Waals surface area contributed by atoms with Crippen molar-refractivity contribution >= 4 is 5.69 Å². The highest BCUT2D eigenvalue weighted by Crippen LogP contribution is 2.24. The van der Waals surface area contributed by atoms with Crippen molar-refractivity contribution in [1.82, 2.24) is 0 Å². The van der Waals surface area contributed by atoms with Gasteiger partial charge in [-0.2, -0.15) is 0 Å². The molecule has 2 heteroatoms. The number of nitrogens with two attached hydrogens (primary N) is 1. The monoisotopic (exact) mass is 206 g/mol. The Morgan fingerprint density at radius 2 is 2.00 bits per heavy atom. The average molecular weight is 206 g/mol. The fourth-order valence-electron chi connectivity index (χ4n) is 2.07. The molecule has 0 radical (unpaired) electrons. The Morgan fingerprint density at radius 1 is 1.33 bits per heavy atom. The van der Waals surface area contributed by atoms with Crippen molar-refractivity contribution in [2.75, 3.05) is 18.5 Å². The standard InChI is InChI=1S/C13H22N2/c1-10(2)9-15(4)13-11(3)6-5-7-12(13)8-14/h5-7,10H,8-9,14H2,1-4H3. The summed E-state index contributed by atoms with van der Waals surface area (Å²) in [4.78, 5) is 2.31.